The molecule has 6 heteroatoms. The van der Waals surface area contributed by atoms with Gasteiger partial charge in [0.15, 0.2) is 0 Å². The van der Waals surface area contributed by atoms with Crippen LogP contribution in [0, 0.1) is 0 Å². The molecule has 84 valence electrons. The molecule has 0 aromatic rings. The zero-order valence-corrected chi connectivity index (χ0v) is 8.27. The second-order valence-electron chi connectivity index (χ2n) is 2.86. The highest BCUT2D eigenvalue weighted by molar-refractivity contribution is 5.67. The smallest absolute Gasteiger partial charge is 0.304 e. The minimum atomic E-state index is -0.838. The molecule has 0 spiro atoms. The summed E-state index contributed by atoms with van der Waals surface area (Å²) in [6.45, 7) is 2.13. The summed E-state index contributed by atoms with van der Waals surface area (Å²) in [5.74, 6) is -1.61. The second-order valence-corrected chi connectivity index (χ2v) is 2.86. The first-order valence-electron chi connectivity index (χ1n) is 4.29. The number of aliphatic carboxylic acids is 2. The van der Waals surface area contributed by atoms with Crippen molar-refractivity contribution < 1.29 is 19.8 Å². The lowest BCUT2D eigenvalue weighted by Gasteiger charge is -1.95. The molecule has 0 aliphatic heterocycles. The van der Waals surface area contributed by atoms with Gasteiger partial charge in [0, 0.05) is 12.5 Å². The van der Waals surface area contributed by atoms with Crippen molar-refractivity contribution in [2.24, 2.45) is 11.5 Å². The van der Waals surface area contributed by atoms with Gasteiger partial charge in [-0.15, -0.1) is 0 Å². The molecule has 0 saturated carbocycles. The first-order valence-corrected chi connectivity index (χ1v) is 4.29. The van der Waals surface area contributed by atoms with E-state index in [0.717, 1.165) is 0 Å². The molecular weight excluding hydrogens is 188 g/mol. The maximum absolute atomic E-state index is 9.73. The molecule has 0 radical (unpaired) electrons. The summed E-state index contributed by atoms with van der Waals surface area (Å²) in [5, 5.41) is 16.0. The van der Waals surface area contributed by atoms with Gasteiger partial charge in [0.05, 0.1) is 6.42 Å². The molecule has 0 saturated heterocycles. The summed E-state index contributed by atoms with van der Waals surface area (Å²) in [7, 11) is 0. The van der Waals surface area contributed by atoms with Crippen molar-refractivity contribution in [3.63, 3.8) is 0 Å². The van der Waals surface area contributed by atoms with Gasteiger partial charge < -0.3 is 21.7 Å². The molecule has 0 heterocycles. The van der Waals surface area contributed by atoms with Crippen molar-refractivity contribution in [3.8, 4) is 0 Å². The fourth-order valence-electron chi connectivity index (χ4n) is 0.529. The summed E-state index contributed by atoms with van der Waals surface area (Å²) >= 11 is 0. The van der Waals surface area contributed by atoms with Gasteiger partial charge in [-0.1, -0.05) is 0 Å². The molecular formula is C8H18N2O4. The Bertz CT molecular complexity index is 171. The van der Waals surface area contributed by atoms with Gasteiger partial charge in [-0.3, -0.25) is 9.59 Å². The minimum absolute atomic E-state index is 0.0556. The maximum Gasteiger partial charge on any atom is 0.304 e. The summed E-state index contributed by atoms with van der Waals surface area (Å²) in [6, 6.07) is -0.225. The predicted molar refractivity (Wildman–Crippen MR) is 51.8 cm³/mol. The van der Waals surface area contributed by atoms with Crippen LogP contribution >= 0.6 is 0 Å². The molecule has 6 nitrogen and oxygen atoms in total. The van der Waals surface area contributed by atoms with Crippen LogP contribution in [0.5, 0.6) is 0 Å². The zero-order valence-electron chi connectivity index (χ0n) is 8.27. The van der Waals surface area contributed by atoms with Gasteiger partial charge in [0.25, 0.3) is 0 Å². The Kier molecular flexibility index (Phi) is 10.9. The Hall–Kier alpha value is -1.14. The van der Waals surface area contributed by atoms with Gasteiger partial charge in [0.1, 0.15) is 0 Å². The molecule has 0 aliphatic rings. The summed E-state index contributed by atoms with van der Waals surface area (Å²) in [5.41, 5.74) is 10.1. The Morgan fingerprint density at radius 1 is 1.29 bits per heavy atom. The number of carbonyl (C=O) groups is 2. The number of carboxylic acid groups (broad SMARTS) is 2. The van der Waals surface area contributed by atoms with E-state index in [0.29, 0.717) is 13.0 Å². The topological polar surface area (TPSA) is 127 Å². The van der Waals surface area contributed by atoms with Crippen molar-refractivity contribution in [2.75, 3.05) is 6.54 Å². The van der Waals surface area contributed by atoms with Gasteiger partial charge in [-0.25, -0.2) is 0 Å². The predicted octanol–water partition coefficient (Wildman–Crippen LogP) is -0.382. The number of carboxylic acids is 2. The first-order chi connectivity index (χ1) is 6.40. The average Bonchev–Trinajstić information content (AvgIpc) is 1.99. The van der Waals surface area contributed by atoms with Crippen LogP contribution < -0.4 is 11.5 Å². The van der Waals surface area contributed by atoms with Crippen LogP contribution in [0.3, 0.4) is 0 Å². The second kappa shape index (κ2) is 9.94. The number of hydrogen-bond acceptors (Lipinski definition) is 4. The van der Waals surface area contributed by atoms with E-state index < -0.39 is 11.9 Å². The van der Waals surface area contributed by atoms with Gasteiger partial charge in [0.2, 0.25) is 0 Å². The van der Waals surface area contributed by atoms with E-state index in [2.05, 4.69) is 0 Å². The standard InChI is InChI=1S/2C4H9NO2/c1-3(5)2-4(6)7;5-3-1-2-4(6)7/h3H,2,5H2,1H3,(H,6,7);1-3,5H2,(H,6,7). The first kappa shape index (κ1) is 15.3. The third-order valence-corrected chi connectivity index (χ3v) is 1.09. The largest absolute Gasteiger partial charge is 0.481 e. The van der Waals surface area contributed by atoms with Crippen LogP contribution in [0.2, 0.25) is 0 Å². The SMILES string of the molecule is CC(N)CC(=O)O.NCCCC(=O)O. The highest BCUT2D eigenvalue weighted by Gasteiger charge is 1.98. The maximum atomic E-state index is 9.73. The van der Waals surface area contributed by atoms with Crippen molar-refractivity contribution in [1.82, 2.24) is 0 Å². The Morgan fingerprint density at radius 2 is 1.79 bits per heavy atom. The van der Waals surface area contributed by atoms with E-state index in [1.165, 1.54) is 0 Å². The number of hydrogen-bond donors (Lipinski definition) is 4. The molecule has 0 aromatic heterocycles. The molecule has 0 rings (SSSR count). The Balaban J connectivity index is 0. The van der Waals surface area contributed by atoms with Gasteiger partial charge in [-0.05, 0) is 19.9 Å². The van der Waals surface area contributed by atoms with Crippen LogP contribution in [0.25, 0.3) is 0 Å². The lowest BCUT2D eigenvalue weighted by Crippen LogP contribution is -2.18. The fourth-order valence-corrected chi connectivity index (χ4v) is 0.529. The number of rotatable bonds is 5. The van der Waals surface area contributed by atoms with Crippen LogP contribution in [0.15, 0.2) is 0 Å². The van der Waals surface area contributed by atoms with Crippen LogP contribution in [0.4, 0.5) is 0 Å². The summed E-state index contributed by atoms with van der Waals surface area (Å²) in [6.07, 6.45) is 0.825. The van der Waals surface area contributed by atoms with Crippen molar-refractivity contribution in [1.29, 1.82) is 0 Å². The average molecular weight is 206 g/mol. The highest BCUT2D eigenvalue weighted by atomic mass is 16.4. The lowest BCUT2D eigenvalue weighted by atomic mass is 10.3. The summed E-state index contributed by atoms with van der Waals surface area (Å²) < 4.78 is 0. The molecule has 6 N–H and O–H groups in total. The van der Waals surface area contributed by atoms with E-state index in [9.17, 15) is 9.59 Å². The number of nitrogens with two attached hydrogens (primary N) is 2. The molecule has 0 bridgehead atoms. The summed E-state index contributed by atoms with van der Waals surface area (Å²) in [4.78, 5) is 19.4. The Labute approximate surface area is 82.9 Å². The fraction of sp³-hybridized carbons (Fsp3) is 0.750. The molecule has 0 aliphatic carbocycles. The zero-order chi connectivity index (χ0) is 11.6. The van der Waals surface area contributed by atoms with Gasteiger partial charge >= 0.3 is 11.9 Å². The molecule has 0 aromatic carbocycles. The molecule has 0 amide bonds. The van der Waals surface area contributed by atoms with Crippen molar-refractivity contribution >= 4 is 11.9 Å². The third kappa shape index (κ3) is 22.4. The van der Waals surface area contributed by atoms with Crippen LogP contribution in [-0.4, -0.2) is 34.7 Å². The van der Waals surface area contributed by atoms with Crippen LogP contribution in [0.1, 0.15) is 26.2 Å². The van der Waals surface area contributed by atoms with E-state index in [1.54, 1.807) is 6.92 Å². The quantitative estimate of drug-likeness (QED) is 0.485. The Morgan fingerprint density at radius 3 is 1.86 bits per heavy atom. The van der Waals surface area contributed by atoms with Crippen molar-refractivity contribution in [2.45, 2.75) is 32.2 Å². The van der Waals surface area contributed by atoms with E-state index in [4.69, 9.17) is 21.7 Å². The molecule has 1 atom stereocenters. The van der Waals surface area contributed by atoms with E-state index in [1.807, 2.05) is 0 Å². The van der Waals surface area contributed by atoms with E-state index in [-0.39, 0.29) is 18.9 Å². The highest BCUT2D eigenvalue weighted by Crippen LogP contribution is 1.82. The molecule has 14 heavy (non-hydrogen) atoms. The molecule has 0 fully saturated rings. The van der Waals surface area contributed by atoms with E-state index >= 15 is 0 Å². The monoisotopic (exact) mass is 206 g/mol. The normalized spacial score (nSPS) is 11.1. The van der Waals surface area contributed by atoms with Crippen molar-refractivity contribution in [3.05, 3.63) is 0 Å². The minimum Gasteiger partial charge on any atom is -0.481 e. The lowest BCUT2D eigenvalue weighted by molar-refractivity contribution is -0.138. The van der Waals surface area contributed by atoms with Gasteiger partial charge in [-0.2, -0.15) is 0 Å². The van der Waals surface area contributed by atoms with Crippen LogP contribution in [-0.2, 0) is 9.59 Å². The third-order valence-electron chi connectivity index (χ3n) is 1.09. The molecule has 1 unspecified atom stereocenters.